The molecule has 0 aromatic heterocycles. The molecule has 0 spiro atoms. The highest BCUT2D eigenvalue weighted by Gasteiger charge is 2.59. The average Bonchev–Trinajstić information content (AvgIpc) is 2.92. The lowest BCUT2D eigenvalue weighted by Gasteiger charge is -2.58. The van der Waals surface area contributed by atoms with Crippen molar-refractivity contribution in [2.24, 2.45) is 34.5 Å². The van der Waals surface area contributed by atoms with Crippen LogP contribution in [-0.4, -0.2) is 17.9 Å². The third-order valence-electron chi connectivity index (χ3n) is 8.95. The summed E-state index contributed by atoms with van der Waals surface area (Å²) < 4.78 is 5.62. The van der Waals surface area contributed by atoms with Gasteiger partial charge in [-0.05, 0) is 86.5 Å². The Kier molecular flexibility index (Phi) is 4.36. The maximum Gasteiger partial charge on any atom is 0.302 e. The van der Waals surface area contributed by atoms with Crippen LogP contribution in [0.15, 0.2) is 11.6 Å². The van der Waals surface area contributed by atoms with Crippen LogP contribution in [0.3, 0.4) is 0 Å². The molecule has 0 radical (unpaired) electrons. The number of fused-ring (bicyclic) bond motifs is 5. The zero-order valence-corrected chi connectivity index (χ0v) is 16.8. The van der Waals surface area contributed by atoms with Gasteiger partial charge >= 0.3 is 5.97 Å². The number of ketones is 1. The lowest BCUT2D eigenvalue weighted by molar-refractivity contribution is -0.152. The molecule has 3 fully saturated rings. The van der Waals surface area contributed by atoms with Crippen LogP contribution in [0.2, 0.25) is 0 Å². The van der Waals surface area contributed by atoms with Crippen molar-refractivity contribution in [3.05, 3.63) is 11.6 Å². The van der Waals surface area contributed by atoms with E-state index in [1.807, 2.05) is 6.08 Å². The number of carbonyl (C=O) groups excluding carboxylic acids is 2. The van der Waals surface area contributed by atoms with Crippen molar-refractivity contribution in [3.8, 4) is 0 Å². The number of allylic oxidation sites excluding steroid dienone is 1. The summed E-state index contributed by atoms with van der Waals surface area (Å²) in [5.41, 5.74) is 2.00. The van der Waals surface area contributed by atoms with E-state index in [4.69, 9.17) is 4.74 Å². The first-order valence-corrected chi connectivity index (χ1v) is 10.7. The summed E-state index contributed by atoms with van der Waals surface area (Å²) in [5, 5.41) is 0. The summed E-state index contributed by atoms with van der Waals surface area (Å²) >= 11 is 0. The van der Waals surface area contributed by atoms with Gasteiger partial charge in [0.15, 0.2) is 5.78 Å². The Morgan fingerprint density at radius 3 is 2.62 bits per heavy atom. The molecule has 0 aromatic carbocycles. The van der Waals surface area contributed by atoms with Crippen molar-refractivity contribution in [3.63, 3.8) is 0 Å². The molecular weight excluding hydrogens is 324 g/mol. The van der Waals surface area contributed by atoms with Gasteiger partial charge in [-0.25, -0.2) is 0 Å². The summed E-state index contributed by atoms with van der Waals surface area (Å²) in [6.07, 6.45) is 11.1. The Hall–Kier alpha value is -1.12. The van der Waals surface area contributed by atoms with E-state index < -0.39 is 0 Å². The molecule has 3 saturated carbocycles. The van der Waals surface area contributed by atoms with E-state index in [2.05, 4.69) is 20.8 Å². The van der Waals surface area contributed by atoms with Gasteiger partial charge in [0.05, 0.1) is 0 Å². The fraction of sp³-hybridized carbons (Fsp3) is 0.826. The highest BCUT2D eigenvalue weighted by molar-refractivity contribution is 5.91. The molecule has 0 bridgehead atoms. The summed E-state index contributed by atoms with van der Waals surface area (Å²) in [4.78, 5) is 23.4. The SMILES string of the molecule is CC(=O)OC(C)[C@H]1CC[C@H]2[C@@H]3CCC4=CC(=O)CC[C@]4(C)[C@H]3CC[C@]12C. The van der Waals surface area contributed by atoms with E-state index in [0.29, 0.717) is 17.1 Å². The normalized spacial score (nSPS) is 45.8. The second kappa shape index (κ2) is 6.21. The molecule has 0 saturated heterocycles. The van der Waals surface area contributed by atoms with Gasteiger partial charge in [0.25, 0.3) is 0 Å². The number of rotatable bonds is 2. The standard InChI is InChI=1S/C23H34O3/c1-14(26-15(2)24)19-7-8-20-18-6-5-16-13-17(25)9-11-22(16,3)21(18)10-12-23(19,20)4/h13-14,18-21H,5-12H2,1-4H3/t14?,18-,19+,20-,21-,22-,23+/m0/s1. The first-order valence-electron chi connectivity index (χ1n) is 10.7. The van der Waals surface area contributed by atoms with Crippen LogP contribution in [0.5, 0.6) is 0 Å². The van der Waals surface area contributed by atoms with Crippen LogP contribution >= 0.6 is 0 Å². The van der Waals surface area contributed by atoms with Gasteiger partial charge in [-0.1, -0.05) is 19.4 Å². The highest BCUT2D eigenvalue weighted by Crippen LogP contribution is 2.67. The van der Waals surface area contributed by atoms with Crippen molar-refractivity contribution in [1.82, 2.24) is 0 Å². The van der Waals surface area contributed by atoms with E-state index in [-0.39, 0.29) is 17.5 Å². The topological polar surface area (TPSA) is 43.4 Å². The minimum atomic E-state index is -0.148. The maximum atomic E-state index is 11.9. The zero-order valence-electron chi connectivity index (χ0n) is 16.8. The van der Waals surface area contributed by atoms with Crippen LogP contribution in [0.4, 0.5) is 0 Å². The van der Waals surface area contributed by atoms with Crippen LogP contribution < -0.4 is 0 Å². The molecule has 0 heterocycles. The molecule has 0 aromatic rings. The molecule has 4 rings (SSSR count). The number of hydrogen-bond acceptors (Lipinski definition) is 3. The van der Waals surface area contributed by atoms with E-state index in [1.165, 1.54) is 44.6 Å². The zero-order chi connectivity index (χ0) is 18.7. The number of carbonyl (C=O) groups is 2. The van der Waals surface area contributed by atoms with Crippen molar-refractivity contribution in [1.29, 1.82) is 0 Å². The van der Waals surface area contributed by atoms with Gasteiger partial charge in [-0.3, -0.25) is 9.59 Å². The first-order chi connectivity index (χ1) is 12.3. The predicted molar refractivity (Wildman–Crippen MR) is 101 cm³/mol. The first kappa shape index (κ1) is 18.3. The summed E-state index contributed by atoms with van der Waals surface area (Å²) in [6, 6.07) is 0. The van der Waals surface area contributed by atoms with E-state index in [9.17, 15) is 9.59 Å². The summed E-state index contributed by atoms with van der Waals surface area (Å²) in [6.45, 7) is 8.55. The lowest BCUT2D eigenvalue weighted by Crippen LogP contribution is -2.51. The Morgan fingerprint density at radius 2 is 1.88 bits per heavy atom. The van der Waals surface area contributed by atoms with Crippen LogP contribution in [-0.2, 0) is 14.3 Å². The van der Waals surface area contributed by atoms with Gasteiger partial charge in [-0.2, -0.15) is 0 Å². The minimum Gasteiger partial charge on any atom is -0.463 e. The molecule has 4 aliphatic rings. The molecule has 26 heavy (non-hydrogen) atoms. The molecule has 7 atom stereocenters. The van der Waals surface area contributed by atoms with Gasteiger partial charge in [0.1, 0.15) is 6.10 Å². The number of ether oxygens (including phenoxy) is 1. The molecule has 0 aliphatic heterocycles. The van der Waals surface area contributed by atoms with E-state index in [1.54, 1.807) is 0 Å². The summed E-state index contributed by atoms with van der Waals surface area (Å²) in [7, 11) is 0. The molecule has 4 aliphatic carbocycles. The monoisotopic (exact) mass is 358 g/mol. The Balaban J connectivity index is 1.59. The van der Waals surface area contributed by atoms with Crippen molar-refractivity contribution < 1.29 is 14.3 Å². The Morgan fingerprint density at radius 1 is 1.12 bits per heavy atom. The third kappa shape index (κ3) is 2.60. The van der Waals surface area contributed by atoms with Gasteiger partial charge in [-0.15, -0.1) is 0 Å². The largest absolute Gasteiger partial charge is 0.463 e. The van der Waals surface area contributed by atoms with E-state index in [0.717, 1.165) is 37.0 Å². The average molecular weight is 359 g/mol. The fourth-order valence-electron chi connectivity index (χ4n) is 7.71. The second-order valence-electron chi connectivity index (χ2n) is 10.0. The number of hydrogen-bond donors (Lipinski definition) is 0. The minimum absolute atomic E-state index is 0.0287. The molecule has 0 N–H and O–H groups in total. The Labute approximate surface area is 157 Å². The fourth-order valence-corrected chi connectivity index (χ4v) is 7.71. The smallest absolute Gasteiger partial charge is 0.302 e. The highest BCUT2D eigenvalue weighted by atomic mass is 16.5. The van der Waals surface area contributed by atoms with Crippen LogP contribution in [0, 0.1) is 34.5 Å². The molecule has 3 nitrogen and oxygen atoms in total. The maximum absolute atomic E-state index is 11.9. The number of esters is 1. The summed E-state index contributed by atoms with van der Waals surface area (Å²) in [5.74, 6) is 2.95. The lowest BCUT2D eigenvalue weighted by atomic mass is 9.46. The van der Waals surface area contributed by atoms with Gasteiger partial charge in [0.2, 0.25) is 0 Å². The second-order valence-corrected chi connectivity index (χ2v) is 10.0. The molecular formula is C23H34O3. The Bertz CT molecular complexity index is 650. The molecule has 3 heteroatoms. The van der Waals surface area contributed by atoms with Gasteiger partial charge < -0.3 is 4.74 Å². The van der Waals surface area contributed by atoms with Gasteiger partial charge in [0, 0.05) is 19.3 Å². The molecule has 0 amide bonds. The predicted octanol–water partition coefficient (Wildman–Crippen LogP) is 5.09. The van der Waals surface area contributed by atoms with E-state index >= 15 is 0 Å². The molecule has 144 valence electrons. The molecule has 1 unspecified atom stereocenters. The van der Waals surface area contributed by atoms with Crippen molar-refractivity contribution >= 4 is 11.8 Å². The van der Waals surface area contributed by atoms with Crippen LogP contribution in [0.1, 0.15) is 79.1 Å². The van der Waals surface area contributed by atoms with Crippen LogP contribution in [0.25, 0.3) is 0 Å². The quantitative estimate of drug-likeness (QED) is 0.646. The van der Waals surface area contributed by atoms with Crippen molar-refractivity contribution in [2.75, 3.05) is 0 Å². The third-order valence-corrected chi connectivity index (χ3v) is 8.95. The van der Waals surface area contributed by atoms with Crippen molar-refractivity contribution in [2.45, 2.75) is 85.2 Å².